The Kier molecular flexibility index (Phi) is 3.47. The number of benzene rings is 6. The summed E-state index contributed by atoms with van der Waals surface area (Å²) in [7, 11) is 0. The van der Waals surface area contributed by atoms with Crippen LogP contribution in [0.2, 0.25) is 5.15 Å². The lowest BCUT2D eigenvalue weighted by Gasteiger charge is -2.12. The van der Waals surface area contributed by atoms with Gasteiger partial charge in [0.2, 0.25) is 0 Å². The molecule has 3 aromatic heterocycles. The number of furan rings is 1. The summed E-state index contributed by atoms with van der Waals surface area (Å²) in [5.74, 6) is 0.630. The van der Waals surface area contributed by atoms with Crippen LogP contribution >= 0.6 is 11.6 Å². The molecule has 10 rings (SSSR count). The molecule has 0 fully saturated rings. The van der Waals surface area contributed by atoms with E-state index in [9.17, 15) is 0 Å². The third-order valence-corrected chi connectivity index (χ3v) is 8.65. The van der Waals surface area contributed by atoms with Crippen LogP contribution in [0.25, 0.3) is 93.3 Å². The molecule has 1 aliphatic carbocycles. The Hall–Kier alpha value is -4.93. The van der Waals surface area contributed by atoms with Crippen molar-refractivity contribution in [2.75, 3.05) is 0 Å². The van der Waals surface area contributed by atoms with E-state index in [1.165, 1.54) is 32.7 Å². The van der Waals surface area contributed by atoms with E-state index in [0.29, 0.717) is 11.0 Å². The van der Waals surface area contributed by atoms with E-state index in [1.807, 2.05) is 18.2 Å². The molecule has 1 aliphatic rings. The molecule has 0 saturated heterocycles. The van der Waals surface area contributed by atoms with Gasteiger partial charge in [0.15, 0.2) is 11.0 Å². The maximum atomic E-state index is 6.95. The van der Waals surface area contributed by atoms with Crippen LogP contribution in [0.4, 0.5) is 0 Å². The van der Waals surface area contributed by atoms with E-state index < -0.39 is 0 Å². The fourth-order valence-corrected chi connectivity index (χ4v) is 7.07. The lowest BCUT2D eigenvalue weighted by atomic mass is 9.95. The maximum absolute atomic E-state index is 6.95. The molecule has 0 radical (unpaired) electrons. The van der Waals surface area contributed by atoms with Crippen LogP contribution in [-0.2, 0) is 0 Å². The summed E-state index contributed by atoms with van der Waals surface area (Å²) in [6.45, 7) is 0. The van der Waals surface area contributed by atoms with Crippen molar-refractivity contribution in [2.24, 2.45) is 0 Å². The van der Waals surface area contributed by atoms with Crippen LogP contribution in [0.5, 0.6) is 0 Å². The van der Waals surface area contributed by atoms with Gasteiger partial charge in [-0.3, -0.25) is 4.57 Å². The number of halogens is 1. The highest BCUT2D eigenvalue weighted by molar-refractivity contribution is 6.38. The van der Waals surface area contributed by atoms with Gasteiger partial charge in [0.25, 0.3) is 0 Å². The molecule has 0 amide bonds. The normalized spacial score (nSPS) is 12.7. The van der Waals surface area contributed by atoms with Gasteiger partial charge in [-0.2, -0.15) is 0 Å². The third-order valence-electron chi connectivity index (χ3n) is 8.40. The van der Waals surface area contributed by atoms with E-state index in [1.54, 1.807) is 0 Å². The second-order valence-electron chi connectivity index (χ2n) is 10.3. The van der Waals surface area contributed by atoms with E-state index in [0.717, 1.165) is 54.8 Å². The molecule has 0 N–H and O–H groups in total. The highest BCUT2D eigenvalue weighted by Crippen LogP contribution is 2.50. The van der Waals surface area contributed by atoms with Gasteiger partial charge < -0.3 is 4.42 Å². The van der Waals surface area contributed by atoms with Gasteiger partial charge >= 0.3 is 0 Å². The van der Waals surface area contributed by atoms with Crippen LogP contribution in [0.1, 0.15) is 0 Å². The summed E-state index contributed by atoms with van der Waals surface area (Å²) in [6.07, 6.45) is 0. The van der Waals surface area contributed by atoms with E-state index in [-0.39, 0.29) is 0 Å². The Morgan fingerprint density at radius 1 is 0.564 bits per heavy atom. The van der Waals surface area contributed by atoms with Crippen LogP contribution in [-0.4, -0.2) is 14.5 Å². The molecule has 0 saturated carbocycles. The molecule has 0 atom stereocenters. The largest absolute Gasteiger partial charge is 0.456 e. The van der Waals surface area contributed by atoms with Gasteiger partial charge in [-0.15, -0.1) is 0 Å². The van der Waals surface area contributed by atoms with Crippen molar-refractivity contribution in [3.8, 4) is 16.9 Å². The van der Waals surface area contributed by atoms with Gasteiger partial charge in [0.1, 0.15) is 11.2 Å². The molecule has 5 heteroatoms. The van der Waals surface area contributed by atoms with Gasteiger partial charge in [-0.1, -0.05) is 78.3 Å². The van der Waals surface area contributed by atoms with E-state index >= 15 is 0 Å². The van der Waals surface area contributed by atoms with Crippen LogP contribution in [0.15, 0.2) is 101 Å². The molecule has 3 heterocycles. The first-order valence-corrected chi connectivity index (χ1v) is 13.3. The van der Waals surface area contributed by atoms with Crippen molar-refractivity contribution in [3.05, 3.63) is 102 Å². The van der Waals surface area contributed by atoms with Crippen molar-refractivity contribution in [1.82, 2.24) is 14.5 Å². The molecular weight excluding hydrogens is 502 g/mol. The average Bonchev–Trinajstić information content (AvgIpc) is 3.47. The quantitative estimate of drug-likeness (QED) is 0.204. The molecule has 0 bridgehead atoms. The molecule has 39 heavy (non-hydrogen) atoms. The zero-order chi connectivity index (χ0) is 25.4. The second kappa shape index (κ2) is 6.73. The Morgan fingerprint density at radius 3 is 2.21 bits per heavy atom. The fraction of sp³-hybridized carbons (Fsp3) is 0. The first kappa shape index (κ1) is 20.1. The van der Waals surface area contributed by atoms with Crippen molar-refractivity contribution in [1.29, 1.82) is 0 Å². The molecule has 180 valence electrons. The summed E-state index contributed by atoms with van der Waals surface area (Å²) >= 11 is 6.95. The number of nitrogens with zero attached hydrogens (tertiary/aromatic N) is 3. The molecule has 0 unspecified atom stereocenters. The smallest absolute Gasteiger partial charge is 0.176 e. The molecule has 6 aromatic carbocycles. The summed E-state index contributed by atoms with van der Waals surface area (Å²) in [6, 6.07) is 33.8. The second-order valence-corrected chi connectivity index (χ2v) is 10.7. The molecule has 0 spiro atoms. The highest BCUT2D eigenvalue weighted by Gasteiger charge is 2.27. The number of fused-ring (bicyclic) bond motifs is 4. The summed E-state index contributed by atoms with van der Waals surface area (Å²) in [5, 5.41) is 9.66. The fourth-order valence-electron chi connectivity index (χ4n) is 6.85. The van der Waals surface area contributed by atoms with Gasteiger partial charge in [-0.05, 0) is 57.6 Å². The lowest BCUT2D eigenvalue weighted by molar-refractivity contribution is 0.669. The van der Waals surface area contributed by atoms with E-state index in [4.69, 9.17) is 26.0 Å². The monoisotopic (exact) mass is 517 g/mol. The van der Waals surface area contributed by atoms with Crippen LogP contribution in [0.3, 0.4) is 0 Å². The van der Waals surface area contributed by atoms with Gasteiger partial charge in [-0.25, -0.2) is 9.97 Å². The zero-order valence-corrected chi connectivity index (χ0v) is 21.1. The molecule has 9 aromatic rings. The third kappa shape index (κ3) is 2.33. The highest BCUT2D eigenvalue weighted by atomic mass is 35.5. The van der Waals surface area contributed by atoms with Crippen molar-refractivity contribution < 1.29 is 4.42 Å². The number of aromatic nitrogens is 3. The van der Waals surface area contributed by atoms with Gasteiger partial charge in [0, 0.05) is 26.9 Å². The average molecular weight is 518 g/mol. The number of hydrogen-bond acceptors (Lipinski definition) is 3. The Bertz CT molecular complexity index is 2570. The minimum atomic E-state index is 0.375. The minimum Gasteiger partial charge on any atom is -0.456 e. The van der Waals surface area contributed by atoms with Crippen molar-refractivity contribution in [2.45, 2.75) is 0 Å². The maximum Gasteiger partial charge on any atom is 0.176 e. The van der Waals surface area contributed by atoms with Gasteiger partial charge in [0.05, 0.1) is 22.1 Å². The first-order valence-electron chi connectivity index (χ1n) is 13.0. The summed E-state index contributed by atoms with van der Waals surface area (Å²) in [5.41, 5.74) is 7.91. The summed E-state index contributed by atoms with van der Waals surface area (Å²) < 4.78 is 8.58. The van der Waals surface area contributed by atoms with Crippen molar-refractivity contribution in [3.63, 3.8) is 0 Å². The lowest BCUT2D eigenvalue weighted by Crippen LogP contribution is -2.01. The number of hydrogen-bond donors (Lipinski definition) is 0. The first-order chi connectivity index (χ1) is 19.3. The minimum absolute atomic E-state index is 0.375. The Morgan fingerprint density at radius 2 is 1.28 bits per heavy atom. The molecular formula is C34H16ClN3O. The predicted molar refractivity (Wildman–Crippen MR) is 160 cm³/mol. The van der Waals surface area contributed by atoms with E-state index in [2.05, 4.69) is 83.4 Å². The Balaban J connectivity index is 1.48. The zero-order valence-electron chi connectivity index (χ0n) is 20.4. The van der Waals surface area contributed by atoms with Crippen LogP contribution < -0.4 is 0 Å². The SMILES string of the molecule is Clc1nc2ccc3ccccc3c2nc1-n1c2ccc3cccc4c3c2c2c3c(ccc21)oc1cccc-4c13. The van der Waals surface area contributed by atoms with Crippen LogP contribution in [0, 0.1) is 0 Å². The Labute approximate surface area is 225 Å². The number of rotatable bonds is 1. The predicted octanol–water partition coefficient (Wildman–Crippen LogP) is 9.57. The molecule has 4 nitrogen and oxygen atoms in total. The van der Waals surface area contributed by atoms with Crippen molar-refractivity contribution >= 4 is 87.9 Å². The standard InChI is InChI=1S/C34H16ClN3O/c35-33-34(37-32-19-7-2-1-5-17(19)11-13-22(32)36-33)38-23-14-12-18-6-3-8-20-21-9-4-10-25-28(21)31-26(39-25)16-15-24(38)30(31)29(23)27(18)20/h1-16H. The molecule has 0 aliphatic heterocycles. The summed E-state index contributed by atoms with van der Waals surface area (Å²) in [4.78, 5) is 10.0. The topological polar surface area (TPSA) is 43.9 Å².